The second-order valence-corrected chi connectivity index (χ2v) is 7.21. The molecule has 1 unspecified atom stereocenters. The van der Waals surface area contributed by atoms with Crippen LogP contribution in [0.25, 0.3) is 0 Å². The number of aryl methyl sites for hydroxylation is 1. The number of nitrogens with zero attached hydrogens (tertiary/aromatic N) is 2. The summed E-state index contributed by atoms with van der Waals surface area (Å²) in [6.45, 7) is 8.48. The van der Waals surface area contributed by atoms with E-state index in [-0.39, 0.29) is 12.4 Å². The second kappa shape index (κ2) is 8.47. The van der Waals surface area contributed by atoms with Crippen LogP contribution in [0.1, 0.15) is 49.2 Å². The number of rotatable bonds is 4. The van der Waals surface area contributed by atoms with Crippen molar-refractivity contribution in [3.63, 3.8) is 0 Å². The van der Waals surface area contributed by atoms with E-state index in [0.29, 0.717) is 5.92 Å². The third-order valence-corrected chi connectivity index (χ3v) is 5.82. The molecular formula is C16H28ClN3S. The Morgan fingerprint density at radius 2 is 2.14 bits per heavy atom. The Balaban J connectivity index is 0.00000161. The molecule has 1 aromatic rings. The molecule has 3 heterocycles. The number of thiazole rings is 1. The minimum atomic E-state index is 0. The van der Waals surface area contributed by atoms with Crippen molar-refractivity contribution in [2.45, 2.75) is 44.9 Å². The first kappa shape index (κ1) is 17.2. The van der Waals surface area contributed by atoms with Gasteiger partial charge in [-0.05, 0) is 57.7 Å². The number of piperidine rings is 2. The van der Waals surface area contributed by atoms with E-state index in [4.69, 9.17) is 4.98 Å². The van der Waals surface area contributed by atoms with Crippen LogP contribution in [-0.2, 0) is 6.42 Å². The average Bonchev–Trinajstić information content (AvgIpc) is 2.98. The molecule has 0 bridgehead atoms. The highest BCUT2D eigenvalue weighted by Gasteiger charge is 2.25. The maximum absolute atomic E-state index is 4.82. The van der Waals surface area contributed by atoms with Gasteiger partial charge in [-0.15, -0.1) is 23.7 Å². The van der Waals surface area contributed by atoms with Gasteiger partial charge in [0.05, 0.1) is 10.7 Å². The number of hydrogen-bond acceptors (Lipinski definition) is 4. The lowest BCUT2D eigenvalue weighted by Gasteiger charge is -2.35. The van der Waals surface area contributed by atoms with E-state index >= 15 is 0 Å². The summed E-state index contributed by atoms with van der Waals surface area (Å²) in [6, 6.07) is 0. The van der Waals surface area contributed by atoms with Crippen molar-refractivity contribution in [1.82, 2.24) is 15.2 Å². The third kappa shape index (κ3) is 4.65. The number of halogens is 1. The molecule has 0 aromatic carbocycles. The lowest BCUT2D eigenvalue weighted by Crippen LogP contribution is -2.40. The van der Waals surface area contributed by atoms with Crippen LogP contribution in [0.4, 0.5) is 0 Å². The summed E-state index contributed by atoms with van der Waals surface area (Å²) in [6.07, 6.45) is 6.47. The molecule has 3 nitrogen and oxygen atoms in total. The predicted octanol–water partition coefficient (Wildman–Crippen LogP) is 3.31. The Morgan fingerprint density at radius 1 is 1.33 bits per heavy atom. The molecule has 21 heavy (non-hydrogen) atoms. The topological polar surface area (TPSA) is 28.2 Å². The summed E-state index contributed by atoms with van der Waals surface area (Å²) in [7, 11) is 0. The molecule has 1 aromatic heterocycles. The van der Waals surface area contributed by atoms with Gasteiger partial charge in [0, 0.05) is 24.4 Å². The highest BCUT2D eigenvalue weighted by atomic mass is 35.5. The summed E-state index contributed by atoms with van der Waals surface area (Å²) >= 11 is 1.88. The molecule has 2 saturated heterocycles. The van der Waals surface area contributed by atoms with Crippen LogP contribution in [0.2, 0.25) is 0 Å². The monoisotopic (exact) mass is 329 g/mol. The molecule has 0 aliphatic carbocycles. The van der Waals surface area contributed by atoms with Gasteiger partial charge in [-0.25, -0.2) is 4.98 Å². The molecule has 3 rings (SSSR count). The Bertz CT molecular complexity index is 417. The van der Waals surface area contributed by atoms with E-state index < -0.39 is 0 Å². The molecular weight excluding hydrogens is 302 g/mol. The molecule has 2 fully saturated rings. The molecule has 2 aliphatic heterocycles. The number of nitrogens with one attached hydrogen (secondary N) is 1. The van der Waals surface area contributed by atoms with Crippen molar-refractivity contribution in [3.05, 3.63) is 16.1 Å². The SMILES string of the molecule is CCc1csc(C2CCCN(CC3CCNCC3)C2)n1.Cl. The van der Waals surface area contributed by atoms with E-state index in [1.807, 2.05) is 11.3 Å². The largest absolute Gasteiger partial charge is 0.317 e. The standard InChI is InChI=1S/C16H27N3S.ClH/c1-2-15-12-20-16(18-15)14-4-3-9-19(11-14)10-13-5-7-17-8-6-13;/h12-14,17H,2-11H2,1H3;1H. The fourth-order valence-electron chi connectivity index (χ4n) is 3.52. The highest BCUT2D eigenvalue weighted by molar-refractivity contribution is 7.09. The van der Waals surface area contributed by atoms with Crippen LogP contribution in [0.5, 0.6) is 0 Å². The summed E-state index contributed by atoms with van der Waals surface area (Å²) in [5, 5.41) is 7.11. The smallest absolute Gasteiger partial charge is 0.0972 e. The van der Waals surface area contributed by atoms with Gasteiger partial charge in [-0.3, -0.25) is 0 Å². The normalized spacial score (nSPS) is 24.7. The van der Waals surface area contributed by atoms with Crippen LogP contribution < -0.4 is 5.32 Å². The van der Waals surface area contributed by atoms with Crippen LogP contribution in [0.3, 0.4) is 0 Å². The van der Waals surface area contributed by atoms with Gasteiger partial charge in [0.15, 0.2) is 0 Å². The van der Waals surface area contributed by atoms with Crippen molar-refractivity contribution < 1.29 is 0 Å². The van der Waals surface area contributed by atoms with Crippen LogP contribution in [0.15, 0.2) is 5.38 Å². The molecule has 0 spiro atoms. The van der Waals surface area contributed by atoms with Crippen LogP contribution in [0, 0.1) is 5.92 Å². The fourth-order valence-corrected chi connectivity index (χ4v) is 4.56. The van der Waals surface area contributed by atoms with Gasteiger partial charge < -0.3 is 10.2 Å². The molecule has 2 aliphatic rings. The van der Waals surface area contributed by atoms with Gasteiger partial charge in [0.25, 0.3) is 0 Å². The maximum Gasteiger partial charge on any atom is 0.0972 e. The Hall–Kier alpha value is -0.160. The predicted molar refractivity (Wildman–Crippen MR) is 92.7 cm³/mol. The summed E-state index contributed by atoms with van der Waals surface area (Å²) in [5.41, 5.74) is 1.28. The zero-order chi connectivity index (χ0) is 13.8. The third-order valence-electron chi connectivity index (χ3n) is 4.76. The first-order valence-electron chi connectivity index (χ1n) is 8.22. The summed E-state index contributed by atoms with van der Waals surface area (Å²) < 4.78 is 0. The van der Waals surface area contributed by atoms with Crippen LogP contribution in [-0.4, -0.2) is 42.6 Å². The molecule has 1 N–H and O–H groups in total. The Labute approximate surface area is 138 Å². The second-order valence-electron chi connectivity index (χ2n) is 6.32. The number of likely N-dealkylation sites (tertiary alicyclic amines) is 1. The average molecular weight is 330 g/mol. The van der Waals surface area contributed by atoms with Gasteiger partial charge in [0.1, 0.15) is 0 Å². The first-order chi connectivity index (χ1) is 9.85. The Kier molecular flexibility index (Phi) is 6.93. The lowest BCUT2D eigenvalue weighted by atomic mass is 9.94. The van der Waals surface area contributed by atoms with Crippen molar-refractivity contribution in [1.29, 1.82) is 0 Å². The summed E-state index contributed by atoms with van der Waals surface area (Å²) in [4.78, 5) is 7.52. The lowest BCUT2D eigenvalue weighted by molar-refractivity contribution is 0.163. The zero-order valence-corrected chi connectivity index (χ0v) is 14.6. The first-order valence-corrected chi connectivity index (χ1v) is 9.10. The van der Waals surface area contributed by atoms with E-state index in [1.54, 1.807) is 0 Å². The van der Waals surface area contributed by atoms with Gasteiger partial charge in [0.2, 0.25) is 0 Å². The maximum atomic E-state index is 4.82. The van der Waals surface area contributed by atoms with Crippen molar-refractivity contribution in [2.75, 3.05) is 32.7 Å². The molecule has 5 heteroatoms. The van der Waals surface area contributed by atoms with Crippen LogP contribution >= 0.6 is 23.7 Å². The molecule has 0 radical (unpaired) electrons. The van der Waals surface area contributed by atoms with E-state index in [0.717, 1.165) is 12.3 Å². The minimum Gasteiger partial charge on any atom is -0.317 e. The number of hydrogen-bond donors (Lipinski definition) is 1. The minimum absolute atomic E-state index is 0. The highest BCUT2D eigenvalue weighted by Crippen LogP contribution is 2.30. The quantitative estimate of drug-likeness (QED) is 0.918. The van der Waals surface area contributed by atoms with E-state index in [9.17, 15) is 0 Å². The molecule has 0 saturated carbocycles. The van der Waals surface area contributed by atoms with E-state index in [2.05, 4.69) is 22.5 Å². The molecule has 120 valence electrons. The summed E-state index contributed by atoms with van der Waals surface area (Å²) in [5.74, 6) is 1.60. The van der Waals surface area contributed by atoms with Crippen molar-refractivity contribution in [2.24, 2.45) is 5.92 Å². The van der Waals surface area contributed by atoms with E-state index in [1.165, 1.54) is 69.1 Å². The number of aromatic nitrogens is 1. The zero-order valence-electron chi connectivity index (χ0n) is 13.0. The molecule has 1 atom stereocenters. The molecule has 0 amide bonds. The van der Waals surface area contributed by atoms with Crippen molar-refractivity contribution in [3.8, 4) is 0 Å². The van der Waals surface area contributed by atoms with Gasteiger partial charge >= 0.3 is 0 Å². The van der Waals surface area contributed by atoms with Crippen molar-refractivity contribution >= 4 is 23.7 Å². The van der Waals surface area contributed by atoms with Gasteiger partial charge in [-0.1, -0.05) is 6.92 Å². The Morgan fingerprint density at radius 3 is 2.86 bits per heavy atom. The fraction of sp³-hybridized carbons (Fsp3) is 0.812. The van der Waals surface area contributed by atoms with Gasteiger partial charge in [-0.2, -0.15) is 0 Å².